The van der Waals surface area contributed by atoms with Crippen molar-refractivity contribution in [3.8, 4) is 0 Å². The molecule has 1 N–H and O–H groups in total. The minimum absolute atomic E-state index is 0.0980. The third kappa shape index (κ3) is 4.68. The molecule has 6 heteroatoms. The Labute approximate surface area is 155 Å². The van der Waals surface area contributed by atoms with Gasteiger partial charge in [0.05, 0.1) is 17.5 Å². The van der Waals surface area contributed by atoms with Crippen LogP contribution >= 0.6 is 23.2 Å². The van der Waals surface area contributed by atoms with Crippen LogP contribution in [0.3, 0.4) is 0 Å². The molecule has 0 unspecified atom stereocenters. The third-order valence-electron chi connectivity index (χ3n) is 3.88. The molecule has 0 saturated heterocycles. The second-order valence-corrected chi connectivity index (χ2v) is 6.71. The van der Waals surface area contributed by atoms with Crippen molar-refractivity contribution in [1.82, 2.24) is 9.97 Å². The van der Waals surface area contributed by atoms with Gasteiger partial charge >= 0.3 is 0 Å². The fourth-order valence-electron chi connectivity index (χ4n) is 2.63. The molecule has 0 radical (unpaired) electrons. The van der Waals surface area contributed by atoms with Crippen LogP contribution in [0, 0.1) is 0 Å². The van der Waals surface area contributed by atoms with E-state index in [0.29, 0.717) is 22.0 Å². The van der Waals surface area contributed by atoms with Gasteiger partial charge in [0.25, 0.3) is 0 Å². The highest BCUT2D eigenvalue weighted by molar-refractivity contribution is 6.35. The summed E-state index contributed by atoms with van der Waals surface area (Å²) < 4.78 is 0. The van der Waals surface area contributed by atoms with Crippen molar-refractivity contribution in [3.63, 3.8) is 0 Å². The summed E-state index contributed by atoms with van der Waals surface area (Å²) in [7, 11) is 0. The Balaban J connectivity index is 1.52. The van der Waals surface area contributed by atoms with Crippen LogP contribution in [0.25, 0.3) is 11.0 Å². The number of halogens is 2. The predicted molar refractivity (Wildman–Crippen MR) is 99.2 cm³/mol. The number of benzene rings is 2. The average molecular weight is 375 g/mol. The highest BCUT2D eigenvalue weighted by Crippen LogP contribution is 2.22. The summed E-state index contributed by atoms with van der Waals surface area (Å²) in [5.41, 5.74) is 2.50. The number of nitrogens with zero attached hydrogens (tertiary/aromatic N) is 1. The van der Waals surface area contributed by atoms with Crippen molar-refractivity contribution in [2.45, 2.75) is 25.7 Å². The van der Waals surface area contributed by atoms with Gasteiger partial charge in [0.2, 0.25) is 0 Å². The van der Waals surface area contributed by atoms with Crippen molar-refractivity contribution in [2.75, 3.05) is 0 Å². The van der Waals surface area contributed by atoms with Crippen LogP contribution in [-0.4, -0.2) is 21.5 Å². The lowest BCUT2D eigenvalue weighted by Crippen LogP contribution is -2.11. The highest BCUT2D eigenvalue weighted by Gasteiger charge is 2.13. The molecule has 0 aliphatic carbocycles. The van der Waals surface area contributed by atoms with Gasteiger partial charge in [-0.3, -0.25) is 9.59 Å². The molecule has 0 amide bonds. The minimum atomic E-state index is -0.154. The number of H-pyrrole nitrogens is 1. The Morgan fingerprint density at radius 1 is 1.04 bits per heavy atom. The van der Waals surface area contributed by atoms with E-state index in [1.165, 1.54) is 0 Å². The van der Waals surface area contributed by atoms with Crippen molar-refractivity contribution >= 4 is 45.8 Å². The molecule has 3 aromatic rings. The van der Waals surface area contributed by atoms with Crippen molar-refractivity contribution < 1.29 is 9.59 Å². The van der Waals surface area contributed by atoms with E-state index in [2.05, 4.69) is 9.97 Å². The maximum Gasteiger partial charge on any atom is 0.144 e. The smallest absolute Gasteiger partial charge is 0.144 e. The maximum absolute atomic E-state index is 12.1. The van der Waals surface area contributed by atoms with Gasteiger partial charge in [-0.15, -0.1) is 0 Å². The molecular weight excluding hydrogens is 359 g/mol. The molecule has 4 nitrogen and oxygen atoms in total. The largest absolute Gasteiger partial charge is 0.342 e. The van der Waals surface area contributed by atoms with Gasteiger partial charge in [-0.05, 0) is 29.8 Å². The fourth-order valence-corrected chi connectivity index (χ4v) is 3.11. The molecule has 0 saturated carbocycles. The Hall–Kier alpha value is -2.17. The van der Waals surface area contributed by atoms with Crippen LogP contribution < -0.4 is 0 Å². The van der Waals surface area contributed by atoms with Crippen LogP contribution in [0.5, 0.6) is 0 Å². The lowest BCUT2D eigenvalue weighted by Gasteiger charge is -2.04. The first-order valence-electron chi connectivity index (χ1n) is 7.92. The number of aromatic amines is 1. The standard InChI is InChI=1S/C19H16Cl2N2O2/c20-13-6-5-12(16(21)10-13)9-15(25)11-14(24)7-8-19-22-17-3-1-2-4-18(17)23-19/h1-6,10H,7-9,11H2,(H,22,23). The molecule has 2 aromatic carbocycles. The van der Waals surface area contributed by atoms with E-state index < -0.39 is 0 Å². The minimum Gasteiger partial charge on any atom is -0.342 e. The van der Waals surface area contributed by atoms with Gasteiger partial charge in [-0.2, -0.15) is 0 Å². The van der Waals surface area contributed by atoms with E-state index in [1.807, 2.05) is 24.3 Å². The SMILES string of the molecule is O=C(CCc1nc2ccccc2[nH]1)CC(=O)Cc1ccc(Cl)cc1Cl. The summed E-state index contributed by atoms with van der Waals surface area (Å²) in [6, 6.07) is 12.7. The van der Waals surface area contributed by atoms with Crippen molar-refractivity contribution in [3.05, 3.63) is 63.9 Å². The van der Waals surface area contributed by atoms with Crippen molar-refractivity contribution in [2.24, 2.45) is 0 Å². The number of carbonyl (C=O) groups is 2. The van der Waals surface area contributed by atoms with E-state index in [-0.39, 0.29) is 30.8 Å². The van der Waals surface area contributed by atoms with E-state index in [1.54, 1.807) is 18.2 Å². The molecule has 25 heavy (non-hydrogen) atoms. The molecule has 3 rings (SSSR count). The number of hydrogen-bond acceptors (Lipinski definition) is 3. The number of imidazole rings is 1. The second-order valence-electron chi connectivity index (χ2n) is 5.87. The summed E-state index contributed by atoms with van der Waals surface area (Å²) in [5, 5.41) is 0.957. The lowest BCUT2D eigenvalue weighted by atomic mass is 10.0. The number of aromatic nitrogens is 2. The molecule has 1 aromatic heterocycles. The topological polar surface area (TPSA) is 62.8 Å². The van der Waals surface area contributed by atoms with Crippen LogP contribution in [-0.2, 0) is 22.4 Å². The van der Waals surface area contributed by atoms with Crippen LogP contribution in [0.4, 0.5) is 0 Å². The van der Waals surface area contributed by atoms with Crippen LogP contribution in [0.15, 0.2) is 42.5 Å². The van der Waals surface area contributed by atoms with Gasteiger partial charge in [0, 0.05) is 29.3 Å². The molecule has 0 aliphatic heterocycles. The molecule has 0 spiro atoms. The molecule has 1 heterocycles. The zero-order valence-corrected chi connectivity index (χ0v) is 14.9. The Bertz CT molecular complexity index is 901. The van der Waals surface area contributed by atoms with E-state index in [0.717, 1.165) is 16.9 Å². The first kappa shape index (κ1) is 17.6. The Morgan fingerprint density at radius 3 is 2.60 bits per heavy atom. The first-order chi connectivity index (χ1) is 12.0. The molecule has 0 fully saturated rings. The zero-order valence-electron chi connectivity index (χ0n) is 13.4. The molecular formula is C19H16Cl2N2O2. The number of para-hydroxylation sites is 2. The van der Waals surface area contributed by atoms with Gasteiger partial charge in [0.15, 0.2) is 0 Å². The number of aryl methyl sites for hydroxylation is 1. The molecule has 128 valence electrons. The normalized spacial score (nSPS) is 11.0. The van der Waals surface area contributed by atoms with Gasteiger partial charge in [0.1, 0.15) is 17.4 Å². The lowest BCUT2D eigenvalue weighted by molar-refractivity contribution is -0.126. The number of carbonyl (C=O) groups excluding carboxylic acids is 2. The summed E-state index contributed by atoms with van der Waals surface area (Å²) in [6.45, 7) is 0. The molecule has 0 atom stereocenters. The van der Waals surface area contributed by atoms with Gasteiger partial charge in [-0.1, -0.05) is 41.4 Å². The summed E-state index contributed by atoms with van der Waals surface area (Å²) in [4.78, 5) is 31.7. The number of fused-ring (bicyclic) bond motifs is 1. The van der Waals surface area contributed by atoms with E-state index >= 15 is 0 Å². The second kappa shape index (κ2) is 7.81. The van der Waals surface area contributed by atoms with E-state index in [9.17, 15) is 9.59 Å². The Kier molecular flexibility index (Phi) is 5.51. The van der Waals surface area contributed by atoms with Crippen LogP contribution in [0.1, 0.15) is 24.2 Å². The summed E-state index contributed by atoms with van der Waals surface area (Å²) in [6.07, 6.45) is 0.800. The first-order valence-corrected chi connectivity index (χ1v) is 8.68. The van der Waals surface area contributed by atoms with Gasteiger partial charge in [-0.25, -0.2) is 4.98 Å². The van der Waals surface area contributed by atoms with E-state index in [4.69, 9.17) is 23.2 Å². The quantitative estimate of drug-likeness (QED) is 0.615. The summed E-state index contributed by atoms with van der Waals surface area (Å²) >= 11 is 11.9. The predicted octanol–water partition coefficient (Wildman–Crippen LogP) is 4.57. The number of rotatable bonds is 7. The molecule has 0 aliphatic rings. The fraction of sp³-hybridized carbons (Fsp3) is 0.211. The number of nitrogens with one attached hydrogen (secondary N) is 1. The summed E-state index contributed by atoms with van der Waals surface area (Å²) in [5.74, 6) is 0.497. The average Bonchev–Trinajstić information content (AvgIpc) is 2.98. The zero-order chi connectivity index (χ0) is 17.8. The highest BCUT2D eigenvalue weighted by atomic mass is 35.5. The molecule has 0 bridgehead atoms. The number of ketones is 2. The third-order valence-corrected chi connectivity index (χ3v) is 4.46. The number of hydrogen-bond donors (Lipinski definition) is 1. The number of Topliss-reactive ketones (excluding diaryl/α,β-unsaturated/α-hetero) is 2. The maximum atomic E-state index is 12.1. The Morgan fingerprint density at radius 2 is 1.84 bits per heavy atom. The van der Waals surface area contributed by atoms with Gasteiger partial charge < -0.3 is 4.98 Å². The van der Waals surface area contributed by atoms with Crippen molar-refractivity contribution in [1.29, 1.82) is 0 Å². The monoisotopic (exact) mass is 374 g/mol. The van der Waals surface area contributed by atoms with Crippen LogP contribution in [0.2, 0.25) is 10.0 Å².